The van der Waals surface area contributed by atoms with Gasteiger partial charge in [0.25, 0.3) is 0 Å². The minimum absolute atomic E-state index is 0.701. The zero-order chi connectivity index (χ0) is 15.1. The average molecular weight is 289 g/mol. The normalized spacial score (nSPS) is 19.3. The number of hydrogen-bond donors (Lipinski definition) is 1. The van der Waals surface area contributed by atoms with Gasteiger partial charge in [0.15, 0.2) is 0 Å². The summed E-state index contributed by atoms with van der Waals surface area (Å²) in [5, 5.41) is 3.58. The van der Waals surface area contributed by atoms with Gasteiger partial charge in [0.05, 0.1) is 0 Å². The highest BCUT2D eigenvalue weighted by atomic mass is 15.2. The maximum Gasteiger partial charge on any atom is 0.0340 e. The molecule has 0 spiro atoms. The Morgan fingerprint density at radius 3 is 2.48 bits per heavy atom. The van der Waals surface area contributed by atoms with E-state index in [-0.39, 0.29) is 0 Å². The number of nitrogens with zero attached hydrogens (tertiary/aromatic N) is 2. The molecule has 1 aliphatic rings. The van der Waals surface area contributed by atoms with Crippen molar-refractivity contribution in [3.8, 4) is 0 Å². The fraction of sp³-hybridized carbons (Fsp3) is 0.667. The molecule has 0 bridgehead atoms. The fourth-order valence-corrected chi connectivity index (χ4v) is 3.09. The van der Waals surface area contributed by atoms with Crippen molar-refractivity contribution in [3.63, 3.8) is 0 Å². The summed E-state index contributed by atoms with van der Waals surface area (Å²) in [6.45, 7) is 10.2. The van der Waals surface area contributed by atoms with Crippen LogP contribution in [0, 0.1) is 0 Å². The molecule has 0 aromatic heterocycles. The van der Waals surface area contributed by atoms with Gasteiger partial charge in [-0.05, 0) is 63.6 Å². The molecule has 0 amide bonds. The van der Waals surface area contributed by atoms with Crippen molar-refractivity contribution in [1.29, 1.82) is 0 Å². The Labute approximate surface area is 130 Å². The van der Waals surface area contributed by atoms with Gasteiger partial charge < -0.3 is 15.1 Å². The molecule has 1 aromatic carbocycles. The van der Waals surface area contributed by atoms with Gasteiger partial charge in [-0.25, -0.2) is 0 Å². The number of anilines is 1. The molecule has 1 aromatic rings. The summed E-state index contributed by atoms with van der Waals surface area (Å²) in [7, 11) is 2.23. The van der Waals surface area contributed by atoms with Gasteiger partial charge in [-0.15, -0.1) is 0 Å². The van der Waals surface area contributed by atoms with Gasteiger partial charge in [-0.1, -0.05) is 26.0 Å². The van der Waals surface area contributed by atoms with Gasteiger partial charge in [0.1, 0.15) is 0 Å². The fourth-order valence-electron chi connectivity index (χ4n) is 3.09. The molecular formula is C18H31N3. The Morgan fingerprint density at radius 2 is 1.90 bits per heavy atom. The number of benzene rings is 1. The highest BCUT2D eigenvalue weighted by Gasteiger charge is 2.19. The summed E-state index contributed by atoms with van der Waals surface area (Å²) in [6, 6.07) is 9.69. The van der Waals surface area contributed by atoms with Gasteiger partial charge >= 0.3 is 0 Å². The van der Waals surface area contributed by atoms with E-state index in [0.717, 1.165) is 32.6 Å². The molecule has 0 saturated carbocycles. The lowest BCUT2D eigenvalue weighted by atomic mass is 10.1. The molecule has 1 aliphatic heterocycles. The van der Waals surface area contributed by atoms with E-state index in [1.807, 2.05) is 0 Å². The molecule has 1 saturated heterocycles. The quantitative estimate of drug-likeness (QED) is 0.793. The van der Waals surface area contributed by atoms with Crippen molar-refractivity contribution < 1.29 is 0 Å². The van der Waals surface area contributed by atoms with Crippen LogP contribution in [0.1, 0.15) is 32.3 Å². The van der Waals surface area contributed by atoms with E-state index in [4.69, 9.17) is 0 Å². The molecule has 0 aliphatic carbocycles. The van der Waals surface area contributed by atoms with Crippen molar-refractivity contribution in [1.82, 2.24) is 9.80 Å². The monoisotopic (exact) mass is 289 g/mol. The van der Waals surface area contributed by atoms with E-state index in [0.29, 0.717) is 6.04 Å². The molecule has 1 N–H and O–H groups in total. The standard InChI is InChI=1S/C18H31N3/c1-4-21(5-2)14-12-16-8-10-17(11-9-16)19-15-18-7-6-13-20(18)3/h8-11,18-19H,4-7,12-15H2,1-3H3. The number of hydrogen-bond acceptors (Lipinski definition) is 3. The summed E-state index contributed by atoms with van der Waals surface area (Å²) in [5.41, 5.74) is 2.69. The molecule has 1 fully saturated rings. The van der Waals surface area contributed by atoms with Gasteiger partial charge in [0.2, 0.25) is 0 Å². The molecule has 1 heterocycles. The Balaban J connectivity index is 1.76. The highest BCUT2D eigenvalue weighted by molar-refractivity contribution is 5.44. The molecule has 3 heteroatoms. The lowest BCUT2D eigenvalue weighted by Crippen LogP contribution is -2.31. The minimum atomic E-state index is 0.701. The second-order valence-corrected chi connectivity index (χ2v) is 6.13. The van der Waals surface area contributed by atoms with Crippen LogP contribution in [0.25, 0.3) is 0 Å². The first-order valence-corrected chi connectivity index (χ1v) is 8.48. The first kappa shape index (κ1) is 16.3. The van der Waals surface area contributed by atoms with Crippen LogP contribution in [0.3, 0.4) is 0 Å². The maximum atomic E-state index is 3.58. The van der Waals surface area contributed by atoms with Gasteiger partial charge in [-0.2, -0.15) is 0 Å². The predicted molar refractivity (Wildman–Crippen MR) is 92.1 cm³/mol. The second-order valence-electron chi connectivity index (χ2n) is 6.13. The predicted octanol–water partition coefficient (Wildman–Crippen LogP) is 3.08. The molecular weight excluding hydrogens is 258 g/mol. The molecule has 1 atom stereocenters. The first-order chi connectivity index (χ1) is 10.2. The van der Waals surface area contributed by atoms with Crippen LogP contribution in [0.15, 0.2) is 24.3 Å². The summed E-state index contributed by atoms with van der Waals surface area (Å²) in [6.07, 6.45) is 3.81. The molecule has 1 unspecified atom stereocenters. The van der Waals surface area contributed by atoms with Crippen molar-refractivity contribution in [3.05, 3.63) is 29.8 Å². The second kappa shape index (κ2) is 8.40. The first-order valence-electron chi connectivity index (χ1n) is 8.48. The lowest BCUT2D eigenvalue weighted by molar-refractivity contribution is 0.308. The summed E-state index contributed by atoms with van der Waals surface area (Å²) >= 11 is 0. The zero-order valence-electron chi connectivity index (χ0n) is 13.9. The molecule has 2 rings (SSSR count). The van der Waals surface area contributed by atoms with Crippen LogP contribution < -0.4 is 5.32 Å². The van der Waals surface area contributed by atoms with Crippen LogP contribution in [0.2, 0.25) is 0 Å². The number of nitrogens with one attached hydrogen (secondary N) is 1. The van der Waals surface area contributed by atoms with Crippen LogP contribution in [0.5, 0.6) is 0 Å². The summed E-state index contributed by atoms with van der Waals surface area (Å²) < 4.78 is 0. The Hall–Kier alpha value is -1.06. The van der Waals surface area contributed by atoms with E-state index >= 15 is 0 Å². The Bertz CT molecular complexity index is 397. The van der Waals surface area contributed by atoms with E-state index < -0.39 is 0 Å². The van der Waals surface area contributed by atoms with Crippen molar-refractivity contribution in [2.45, 2.75) is 39.2 Å². The smallest absolute Gasteiger partial charge is 0.0340 e. The molecule has 21 heavy (non-hydrogen) atoms. The molecule has 0 radical (unpaired) electrons. The Kier molecular flexibility index (Phi) is 6.52. The SMILES string of the molecule is CCN(CC)CCc1ccc(NCC2CCCN2C)cc1. The molecule has 118 valence electrons. The maximum absolute atomic E-state index is 3.58. The van der Waals surface area contributed by atoms with Crippen LogP contribution in [-0.4, -0.2) is 55.6 Å². The Morgan fingerprint density at radius 1 is 1.19 bits per heavy atom. The van der Waals surface area contributed by atoms with E-state index in [9.17, 15) is 0 Å². The van der Waals surface area contributed by atoms with E-state index in [2.05, 4.69) is 60.3 Å². The van der Waals surface area contributed by atoms with Crippen molar-refractivity contribution in [2.24, 2.45) is 0 Å². The summed E-state index contributed by atoms with van der Waals surface area (Å²) in [4.78, 5) is 4.94. The zero-order valence-corrected chi connectivity index (χ0v) is 13.9. The van der Waals surface area contributed by atoms with Gasteiger partial charge in [0, 0.05) is 24.8 Å². The highest BCUT2D eigenvalue weighted by Crippen LogP contribution is 2.16. The van der Waals surface area contributed by atoms with E-state index in [1.54, 1.807) is 0 Å². The van der Waals surface area contributed by atoms with Crippen molar-refractivity contribution in [2.75, 3.05) is 45.1 Å². The van der Waals surface area contributed by atoms with Crippen molar-refractivity contribution >= 4 is 5.69 Å². The van der Waals surface area contributed by atoms with E-state index in [1.165, 1.54) is 30.6 Å². The molecule has 3 nitrogen and oxygen atoms in total. The lowest BCUT2D eigenvalue weighted by Gasteiger charge is -2.20. The third-order valence-electron chi connectivity index (χ3n) is 4.78. The third kappa shape index (κ3) is 5.01. The van der Waals surface area contributed by atoms with Gasteiger partial charge in [-0.3, -0.25) is 0 Å². The number of likely N-dealkylation sites (tertiary alicyclic amines) is 1. The van der Waals surface area contributed by atoms with Crippen LogP contribution in [-0.2, 0) is 6.42 Å². The van der Waals surface area contributed by atoms with Crippen LogP contribution in [0.4, 0.5) is 5.69 Å². The minimum Gasteiger partial charge on any atom is -0.383 e. The number of rotatable bonds is 8. The topological polar surface area (TPSA) is 18.5 Å². The number of likely N-dealkylation sites (N-methyl/N-ethyl adjacent to an activating group) is 2. The largest absolute Gasteiger partial charge is 0.383 e. The average Bonchev–Trinajstić information content (AvgIpc) is 2.93. The van der Waals surface area contributed by atoms with Crippen LogP contribution >= 0.6 is 0 Å². The summed E-state index contributed by atoms with van der Waals surface area (Å²) in [5.74, 6) is 0. The third-order valence-corrected chi connectivity index (χ3v) is 4.78.